The van der Waals surface area contributed by atoms with Crippen LogP contribution < -0.4 is 0 Å². The Morgan fingerprint density at radius 2 is 1.86 bits per heavy atom. The minimum Gasteiger partial charge on any atom is -0.465 e. The number of ether oxygens (including phenoxy) is 1. The van der Waals surface area contributed by atoms with Crippen LogP contribution >= 0.6 is 15.9 Å². The molecule has 1 atom stereocenters. The van der Waals surface area contributed by atoms with E-state index in [1.165, 1.54) is 25.7 Å². The van der Waals surface area contributed by atoms with Gasteiger partial charge >= 0.3 is 5.97 Å². The number of halogens is 1. The number of alkyl halides is 1. The maximum absolute atomic E-state index is 11.2. The summed E-state index contributed by atoms with van der Waals surface area (Å²) in [6, 6.07) is 0. The first kappa shape index (κ1) is 13.9. The third-order valence-corrected chi connectivity index (χ3v) is 2.94. The summed E-state index contributed by atoms with van der Waals surface area (Å²) in [4.78, 5) is 11.1. The number of carbonyl (C=O) groups excluding carboxylic acids is 1. The first-order valence-electron chi connectivity index (χ1n) is 5.53. The van der Waals surface area contributed by atoms with Gasteiger partial charge in [0.2, 0.25) is 0 Å². The van der Waals surface area contributed by atoms with Crippen LogP contribution in [0, 0.1) is 0 Å². The maximum Gasteiger partial charge on any atom is 0.319 e. The number of rotatable bonds is 8. The summed E-state index contributed by atoms with van der Waals surface area (Å²) >= 11 is 3.34. The predicted octanol–water partition coefficient (Wildman–Crippen LogP) is 3.67. The molecule has 0 radical (unpaired) electrons. The predicted molar refractivity (Wildman–Crippen MR) is 62.7 cm³/mol. The molecule has 0 amide bonds. The zero-order chi connectivity index (χ0) is 10.8. The Kier molecular flexibility index (Phi) is 9.47. The maximum atomic E-state index is 11.2. The quantitative estimate of drug-likeness (QED) is 0.380. The van der Waals surface area contributed by atoms with Crippen LogP contribution in [0.25, 0.3) is 0 Å². The molecule has 0 saturated carbocycles. The SMILES string of the molecule is CCCCCCCC(Br)C(=O)OCC. The minimum absolute atomic E-state index is 0.107. The van der Waals surface area contributed by atoms with Crippen molar-refractivity contribution in [1.29, 1.82) is 0 Å². The lowest BCUT2D eigenvalue weighted by Crippen LogP contribution is -2.17. The number of esters is 1. The van der Waals surface area contributed by atoms with Gasteiger partial charge in [0, 0.05) is 0 Å². The highest BCUT2D eigenvalue weighted by Gasteiger charge is 2.14. The Morgan fingerprint density at radius 3 is 2.43 bits per heavy atom. The van der Waals surface area contributed by atoms with Crippen molar-refractivity contribution in [3.8, 4) is 0 Å². The van der Waals surface area contributed by atoms with Gasteiger partial charge in [0.15, 0.2) is 0 Å². The van der Waals surface area contributed by atoms with Crippen LogP contribution in [0.3, 0.4) is 0 Å². The number of hydrogen-bond acceptors (Lipinski definition) is 2. The molecule has 0 N–H and O–H groups in total. The number of unbranched alkanes of at least 4 members (excludes halogenated alkanes) is 4. The van der Waals surface area contributed by atoms with E-state index in [1.54, 1.807) is 0 Å². The molecule has 0 aromatic heterocycles. The number of carbonyl (C=O) groups is 1. The van der Waals surface area contributed by atoms with E-state index in [1.807, 2.05) is 6.92 Å². The summed E-state index contributed by atoms with van der Waals surface area (Å²) in [7, 11) is 0. The van der Waals surface area contributed by atoms with Crippen LogP contribution in [0.5, 0.6) is 0 Å². The third kappa shape index (κ3) is 7.36. The van der Waals surface area contributed by atoms with Crippen LogP contribution in [0.2, 0.25) is 0 Å². The molecule has 1 unspecified atom stereocenters. The van der Waals surface area contributed by atoms with E-state index in [-0.39, 0.29) is 10.8 Å². The largest absolute Gasteiger partial charge is 0.465 e. The number of hydrogen-bond donors (Lipinski definition) is 0. The zero-order valence-corrected chi connectivity index (χ0v) is 10.8. The first-order valence-corrected chi connectivity index (χ1v) is 6.44. The van der Waals surface area contributed by atoms with Crippen molar-refractivity contribution in [2.24, 2.45) is 0 Å². The van der Waals surface area contributed by atoms with Crippen molar-refractivity contribution in [2.75, 3.05) is 6.61 Å². The molecule has 2 nitrogen and oxygen atoms in total. The molecule has 0 aromatic carbocycles. The topological polar surface area (TPSA) is 26.3 Å². The summed E-state index contributed by atoms with van der Waals surface area (Å²) in [6.45, 7) is 4.50. The molecule has 0 aromatic rings. The third-order valence-electron chi connectivity index (χ3n) is 2.10. The molecule has 0 aliphatic rings. The molecule has 0 aliphatic heterocycles. The molecule has 0 saturated heterocycles. The van der Waals surface area contributed by atoms with E-state index >= 15 is 0 Å². The van der Waals surface area contributed by atoms with Gasteiger partial charge in [-0.05, 0) is 13.3 Å². The molecular weight excluding hydrogens is 244 g/mol. The van der Waals surface area contributed by atoms with Crippen molar-refractivity contribution in [1.82, 2.24) is 0 Å². The summed E-state index contributed by atoms with van der Waals surface area (Å²) < 4.78 is 4.90. The molecule has 0 bridgehead atoms. The van der Waals surface area contributed by atoms with Crippen molar-refractivity contribution < 1.29 is 9.53 Å². The normalized spacial score (nSPS) is 12.5. The molecule has 3 heteroatoms. The van der Waals surface area contributed by atoms with E-state index in [4.69, 9.17) is 4.74 Å². The van der Waals surface area contributed by atoms with Gasteiger partial charge in [0.25, 0.3) is 0 Å². The van der Waals surface area contributed by atoms with E-state index in [9.17, 15) is 4.79 Å². The summed E-state index contributed by atoms with van der Waals surface area (Å²) in [5.41, 5.74) is 0. The van der Waals surface area contributed by atoms with Gasteiger partial charge in [0.05, 0.1) is 6.61 Å². The summed E-state index contributed by atoms with van der Waals surface area (Å²) in [5, 5.41) is 0. The van der Waals surface area contributed by atoms with Gasteiger partial charge in [0.1, 0.15) is 4.83 Å². The minimum atomic E-state index is -0.122. The second-order valence-electron chi connectivity index (χ2n) is 3.42. The van der Waals surface area contributed by atoms with Crippen molar-refractivity contribution in [3.05, 3.63) is 0 Å². The monoisotopic (exact) mass is 264 g/mol. The van der Waals surface area contributed by atoms with E-state index in [0.29, 0.717) is 6.61 Å². The van der Waals surface area contributed by atoms with E-state index in [0.717, 1.165) is 12.8 Å². The van der Waals surface area contributed by atoms with Crippen molar-refractivity contribution in [3.63, 3.8) is 0 Å². The lowest BCUT2D eigenvalue weighted by Gasteiger charge is -2.08. The van der Waals surface area contributed by atoms with E-state index in [2.05, 4.69) is 22.9 Å². The van der Waals surface area contributed by atoms with Crippen LogP contribution in [-0.2, 0) is 9.53 Å². The second-order valence-corrected chi connectivity index (χ2v) is 4.53. The summed E-state index contributed by atoms with van der Waals surface area (Å²) in [6.07, 6.45) is 7.05. The molecule has 14 heavy (non-hydrogen) atoms. The van der Waals surface area contributed by atoms with Crippen molar-refractivity contribution >= 4 is 21.9 Å². The molecular formula is C11H21BrO2. The van der Waals surface area contributed by atoms with Gasteiger partial charge < -0.3 is 4.74 Å². The molecule has 0 spiro atoms. The Bertz CT molecular complexity index is 148. The second kappa shape index (κ2) is 9.50. The van der Waals surface area contributed by atoms with Gasteiger partial charge in [-0.1, -0.05) is 55.0 Å². The van der Waals surface area contributed by atoms with Gasteiger partial charge in [-0.25, -0.2) is 0 Å². The van der Waals surface area contributed by atoms with Gasteiger partial charge in [-0.15, -0.1) is 0 Å². The first-order chi connectivity index (χ1) is 6.72. The highest BCUT2D eigenvalue weighted by atomic mass is 79.9. The highest BCUT2D eigenvalue weighted by Crippen LogP contribution is 2.13. The average Bonchev–Trinajstić information content (AvgIpc) is 2.17. The lowest BCUT2D eigenvalue weighted by atomic mass is 10.1. The van der Waals surface area contributed by atoms with E-state index < -0.39 is 0 Å². The fourth-order valence-electron chi connectivity index (χ4n) is 1.28. The van der Waals surface area contributed by atoms with Crippen molar-refractivity contribution in [2.45, 2.75) is 57.2 Å². The molecule has 0 aliphatic carbocycles. The lowest BCUT2D eigenvalue weighted by molar-refractivity contribution is -0.142. The van der Waals surface area contributed by atoms with Gasteiger partial charge in [-0.3, -0.25) is 4.79 Å². The standard InChI is InChI=1S/C11H21BrO2/c1-3-5-6-7-8-9-10(12)11(13)14-4-2/h10H,3-9H2,1-2H3. The zero-order valence-electron chi connectivity index (χ0n) is 9.22. The highest BCUT2D eigenvalue weighted by molar-refractivity contribution is 9.10. The fourth-order valence-corrected chi connectivity index (χ4v) is 1.73. The fraction of sp³-hybridized carbons (Fsp3) is 0.909. The van der Waals surface area contributed by atoms with Crippen LogP contribution in [-0.4, -0.2) is 17.4 Å². The molecule has 0 rings (SSSR count). The summed E-state index contributed by atoms with van der Waals surface area (Å²) in [5.74, 6) is -0.122. The smallest absolute Gasteiger partial charge is 0.319 e. The average molecular weight is 265 g/mol. The van der Waals surface area contributed by atoms with Crippen LogP contribution in [0.15, 0.2) is 0 Å². The van der Waals surface area contributed by atoms with Crippen LogP contribution in [0.4, 0.5) is 0 Å². The molecule has 84 valence electrons. The molecule has 0 heterocycles. The Labute approximate surface area is 95.5 Å². The Balaban J connectivity index is 3.34. The van der Waals surface area contributed by atoms with Crippen LogP contribution in [0.1, 0.15) is 52.4 Å². The Hall–Kier alpha value is -0.0500. The van der Waals surface area contributed by atoms with Gasteiger partial charge in [-0.2, -0.15) is 0 Å². The molecule has 0 fully saturated rings. The Morgan fingerprint density at radius 1 is 1.21 bits per heavy atom.